The summed E-state index contributed by atoms with van der Waals surface area (Å²) in [6, 6.07) is 10.6. The second-order valence-electron chi connectivity index (χ2n) is 6.34. The molecule has 0 saturated heterocycles. The Kier molecular flexibility index (Phi) is 5.81. The molecule has 0 radical (unpaired) electrons. The van der Waals surface area contributed by atoms with Crippen molar-refractivity contribution in [3.05, 3.63) is 54.1 Å². The monoisotopic (exact) mass is 373 g/mol. The topological polar surface area (TPSA) is 54.3 Å². The summed E-state index contributed by atoms with van der Waals surface area (Å²) >= 11 is 0. The van der Waals surface area contributed by atoms with Crippen molar-refractivity contribution in [2.75, 3.05) is 19.6 Å². The number of nitrogens with one attached hydrogen (secondary N) is 1. The van der Waals surface area contributed by atoms with Gasteiger partial charge in [-0.3, -0.25) is 0 Å². The third-order valence-corrected chi connectivity index (χ3v) is 4.77. The van der Waals surface area contributed by atoms with E-state index in [1.807, 2.05) is 24.3 Å². The Hall–Kier alpha value is -2.80. The molecule has 0 saturated carbocycles. The lowest BCUT2D eigenvalue weighted by Gasteiger charge is -2.16. The summed E-state index contributed by atoms with van der Waals surface area (Å²) in [5.74, 6) is -1.48. The average Bonchev–Trinajstić information content (AvgIpc) is 2.93. The van der Waals surface area contributed by atoms with Gasteiger partial charge in [-0.2, -0.15) is 0 Å². The number of quaternary nitrogens is 1. The number of para-hydroxylation sites is 1. The van der Waals surface area contributed by atoms with Crippen LogP contribution in [0, 0.1) is 11.6 Å². The van der Waals surface area contributed by atoms with Gasteiger partial charge in [0.1, 0.15) is 11.5 Å². The van der Waals surface area contributed by atoms with Gasteiger partial charge in [0.25, 0.3) is 0 Å². The van der Waals surface area contributed by atoms with Crippen LogP contribution in [0.2, 0.25) is 0 Å². The summed E-state index contributed by atoms with van der Waals surface area (Å²) in [7, 11) is 0. The molecule has 0 bridgehead atoms. The van der Waals surface area contributed by atoms with Crippen LogP contribution in [0.4, 0.5) is 20.2 Å². The molecular weight excluding hydrogens is 350 g/mol. The van der Waals surface area contributed by atoms with Crippen LogP contribution < -0.4 is 4.90 Å². The number of fused-ring (bicyclic) bond motifs is 1. The van der Waals surface area contributed by atoms with E-state index in [9.17, 15) is 13.9 Å². The number of aromatic hydroxyl groups is 1. The summed E-state index contributed by atoms with van der Waals surface area (Å²) in [6.45, 7) is 7.76. The molecular formula is C20H23F2N4O+. The SMILES string of the molecule is CC[NH+](CC)CCn1c(O)c(N=Nc2ccc(F)cc2F)c2ccccc21. The van der Waals surface area contributed by atoms with Gasteiger partial charge >= 0.3 is 0 Å². The molecule has 5 nitrogen and oxygen atoms in total. The minimum Gasteiger partial charge on any atom is -0.493 e. The number of likely N-dealkylation sites (N-methyl/N-ethyl adjacent to an activating group) is 1. The average molecular weight is 373 g/mol. The maximum absolute atomic E-state index is 13.8. The Bertz CT molecular complexity index is 964. The van der Waals surface area contributed by atoms with E-state index < -0.39 is 11.6 Å². The standard InChI is InChI=1S/C20H22F2N4O/c1-3-25(4-2)11-12-26-18-8-6-5-7-15(18)19(20(26)27)24-23-17-10-9-14(21)13-16(17)22/h5-10,13,27H,3-4,11-12H2,1-2H3/p+1. The molecule has 0 aliphatic rings. The lowest BCUT2D eigenvalue weighted by molar-refractivity contribution is -0.897. The van der Waals surface area contributed by atoms with Gasteiger partial charge in [0, 0.05) is 11.5 Å². The second-order valence-corrected chi connectivity index (χ2v) is 6.34. The molecule has 0 spiro atoms. The van der Waals surface area contributed by atoms with Gasteiger partial charge in [-0.15, -0.1) is 10.2 Å². The lowest BCUT2D eigenvalue weighted by Crippen LogP contribution is -3.11. The first-order chi connectivity index (χ1) is 13.0. The maximum atomic E-state index is 13.8. The van der Waals surface area contributed by atoms with E-state index in [0.29, 0.717) is 6.54 Å². The van der Waals surface area contributed by atoms with E-state index in [4.69, 9.17) is 0 Å². The van der Waals surface area contributed by atoms with Gasteiger partial charge in [0.15, 0.2) is 11.5 Å². The van der Waals surface area contributed by atoms with Gasteiger partial charge in [-0.1, -0.05) is 18.2 Å². The fourth-order valence-electron chi connectivity index (χ4n) is 3.14. The number of hydrogen-bond acceptors (Lipinski definition) is 3. The van der Waals surface area contributed by atoms with Crippen LogP contribution in [0.25, 0.3) is 10.9 Å². The number of nitrogens with zero attached hydrogens (tertiary/aromatic N) is 3. The Morgan fingerprint density at radius 2 is 1.78 bits per heavy atom. The lowest BCUT2D eigenvalue weighted by atomic mass is 10.2. The zero-order chi connectivity index (χ0) is 19.4. The van der Waals surface area contributed by atoms with Crippen molar-refractivity contribution in [3.8, 4) is 5.88 Å². The largest absolute Gasteiger partial charge is 0.493 e. The first-order valence-electron chi connectivity index (χ1n) is 9.05. The minimum absolute atomic E-state index is 0.00553. The highest BCUT2D eigenvalue weighted by Crippen LogP contribution is 2.39. The van der Waals surface area contributed by atoms with Crippen molar-refractivity contribution in [1.29, 1.82) is 0 Å². The molecule has 2 N–H and O–H groups in total. The maximum Gasteiger partial charge on any atom is 0.220 e. The molecule has 2 aromatic carbocycles. The van der Waals surface area contributed by atoms with Crippen molar-refractivity contribution in [2.45, 2.75) is 20.4 Å². The van der Waals surface area contributed by atoms with E-state index in [2.05, 4.69) is 24.1 Å². The highest BCUT2D eigenvalue weighted by Gasteiger charge is 2.17. The molecule has 1 aromatic heterocycles. The predicted molar refractivity (Wildman–Crippen MR) is 101 cm³/mol. The van der Waals surface area contributed by atoms with Gasteiger partial charge < -0.3 is 14.6 Å². The zero-order valence-corrected chi connectivity index (χ0v) is 15.4. The Labute approximate surface area is 156 Å². The summed E-state index contributed by atoms with van der Waals surface area (Å²) in [5, 5.41) is 19.4. The Morgan fingerprint density at radius 1 is 1.04 bits per heavy atom. The quantitative estimate of drug-likeness (QED) is 0.605. The van der Waals surface area contributed by atoms with E-state index in [1.54, 1.807) is 4.57 Å². The molecule has 1 heterocycles. The number of halogens is 2. The van der Waals surface area contributed by atoms with Gasteiger partial charge in [0.05, 0.1) is 31.7 Å². The molecule has 0 fully saturated rings. The van der Waals surface area contributed by atoms with Crippen LogP contribution in [-0.2, 0) is 6.54 Å². The van der Waals surface area contributed by atoms with Gasteiger partial charge in [-0.05, 0) is 32.0 Å². The van der Waals surface area contributed by atoms with E-state index in [0.717, 1.165) is 42.7 Å². The van der Waals surface area contributed by atoms with Crippen LogP contribution in [0.5, 0.6) is 5.88 Å². The highest BCUT2D eigenvalue weighted by molar-refractivity contribution is 5.95. The van der Waals surface area contributed by atoms with E-state index in [-0.39, 0.29) is 17.3 Å². The summed E-state index contributed by atoms with van der Waals surface area (Å²) < 4.78 is 28.6. The molecule has 0 unspecified atom stereocenters. The molecule has 142 valence electrons. The first kappa shape index (κ1) is 19.0. The van der Waals surface area contributed by atoms with Crippen molar-refractivity contribution in [2.24, 2.45) is 10.2 Å². The van der Waals surface area contributed by atoms with Gasteiger partial charge in [-0.25, -0.2) is 8.78 Å². The minimum atomic E-state index is -0.799. The third kappa shape index (κ3) is 3.98. The molecule has 27 heavy (non-hydrogen) atoms. The Balaban J connectivity index is 1.98. The van der Waals surface area contributed by atoms with Crippen molar-refractivity contribution >= 4 is 22.3 Å². The van der Waals surface area contributed by atoms with E-state index >= 15 is 0 Å². The van der Waals surface area contributed by atoms with E-state index in [1.165, 1.54) is 11.0 Å². The molecule has 0 atom stereocenters. The Morgan fingerprint density at radius 3 is 2.48 bits per heavy atom. The fourth-order valence-corrected chi connectivity index (χ4v) is 3.14. The molecule has 0 aliphatic heterocycles. The molecule has 3 rings (SSSR count). The molecule has 0 aliphatic carbocycles. The van der Waals surface area contributed by atoms with Gasteiger partial charge in [0.2, 0.25) is 5.88 Å². The molecule has 0 amide bonds. The highest BCUT2D eigenvalue weighted by atomic mass is 19.1. The number of azo groups is 1. The van der Waals surface area contributed by atoms with Crippen molar-refractivity contribution in [3.63, 3.8) is 0 Å². The first-order valence-corrected chi connectivity index (χ1v) is 9.05. The van der Waals surface area contributed by atoms with Crippen LogP contribution in [0.1, 0.15) is 13.8 Å². The molecule has 3 aromatic rings. The molecule has 7 heteroatoms. The number of aromatic nitrogens is 1. The van der Waals surface area contributed by atoms with Crippen molar-refractivity contribution < 1.29 is 18.8 Å². The van der Waals surface area contributed by atoms with Crippen molar-refractivity contribution in [1.82, 2.24) is 4.57 Å². The summed E-state index contributed by atoms with van der Waals surface area (Å²) in [5.41, 5.74) is 1.04. The summed E-state index contributed by atoms with van der Waals surface area (Å²) in [4.78, 5) is 1.42. The number of rotatable bonds is 7. The predicted octanol–water partition coefficient (Wildman–Crippen LogP) is 3.97. The summed E-state index contributed by atoms with van der Waals surface area (Å²) in [6.07, 6.45) is 0. The number of hydrogen-bond donors (Lipinski definition) is 2. The second kappa shape index (κ2) is 8.26. The van der Waals surface area contributed by atoms with Crippen LogP contribution in [0.15, 0.2) is 52.7 Å². The zero-order valence-electron chi connectivity index (χ0n) is 15.4. The smallest absolute Gasteiger partial charge is 0.220 e. The number of benzene rings is 2. The van der Waals surface area contributed by atoms with Crippen LogP contribution in [-0.4, -0.2) is 29.3 Å². The van der Waals surface area contributed by atoms with Crippen LogP contribution in [0.3, 0.4) is 0 Å². The third-order valence-electron chi connectivity index (χ3n) is 4.77. The van der Waals surface area contributed by atoms with Crippen LogP contribution >= 0.6 is 0 Å². The normalized spacial score (nSPS) is 11.9. The fraction of sp³-hybridized carbons (Fsp3) is 0.300.